The predicted molar refractivity (Wildman–Crippen MR) is 85.3 cm³/mol. The number of amides is 1. The molecule has 0 aromatic heterocycles. The van der Waals surface area contributed by atoms with Crippen molar-refractivity contribution in [1.29, 1.82) is 0 Å². The van der Waals surface area contributed by atoms with Crippen LogP contribution in [0.5, 0.6) is 0 Å². The quantitative estimate of drug-likeness (QED) is 0.677. The first kappa shape index (κ1) is 16.8. The van der Waals surface area contributed by atoms with Gasteiger partial charge in [0.15, 0.2) is 0 Å². The van der Waals surface area contributed by atoms with Crippen molar-refractivity contribution < 1.29 is 9.53 Å². The monoisotopic (exact) mass is 296 g/mol. The van der Waals surface area contributed by atoms with Crippen molar-refractivity contribution >= 4 is 5.91 Å². The number of nitrogens with one attached hydrogen (secondary N) is 2. The van der Waals surface area contributed by atoms with E-state index in [0.29, 0.717) is 6.10 Å². The highest BCUT2D eigenvalue weighted by molar-refractivity contribution is 5.83. The second-order valence-corrected chi connectivity index (χ2v) is 6.70. The fraction of sp³-hybridized carbons (Fsp3) is 0.941. The lowest BCUT2D eigenvalue weighted by molar-refractivity contribution is -0.130. The molecule has 2 fully saturated rings. The van der Waals surface area contributed by atoms with Gasteiger partial charge in [0, 0.05) is 19.7 Å². The number of hydrogen-bond donors (Lipinski definition) is 2. The average Bonchev–Trinajstić information content (AvgIpc) is 2.98. The summed E-state index contributed by atoms with van der Waals surface area (Å²) in [4.78, 5) is 12.4. The van der Waals surface area contributed by atoms with Crippen LogP contribution in [0.2, 0.25) is 0 Å². The first-order chi connectivity index (χ1) is 10.3. The number of hydrogen-bond acceptors (Lipinski definition) is 3. The van der Waals surface area contributed by atoms with Crippen molar-refractivity contribution in [3.8, 4) is 0 Å². The maximum absolute atomic E-state index is 12.4. The van der Waals surface area contributed by atoms with Gasteiger partial charge in [0.05, 0.1) is 11.5 Å². The average molecular weight is 296 g/mol. The van der Waals surface area contributed by atoms with Crippen molar-refractivity contribution in [1.82, 2.24) is 10.6 Å². The number of carbonyl (C=O) groups is 1. The van der Waals surface area contributed by atoms with Gasteiger partial charge in [-0.25, -0.2) is 0 Å². The lowest BCUT2D eigenvalue weighted by Gasteiger charge is -2.26. The molecule has 2 aliphatic rings. The molecule has 1 atom stereocenters. The molecule has 2 rings (SSSR count). The van der Waals surface area contributed by atoms with Gasteiger partial charge in [-0.2, -0.15) is 0 Å². The zero-order valence-electron chi connectivity index (χ0n) is 13.6. The molecule has 1 aliphatic heterocycles. The molecule has 4 heteroatoms. The Hall–Kier alpha value is -0.610. The number of rotatable bonds is 8. The topological polar surface area (TPSA) is 50.4 Å². The maximum atomic E-state index is 12.4. The zero-order chi connectivity index (χ0) is 15.0. The highest BCUT2D eigenvalue weighted by atomic mass is 16.5. The molecule has 0 bridgehead atoms. The second kappa shape index (κ2) is 8.74. The summed E-state index contributed by atoms with van der Waals surface area (Å²) in [6, 6.07) is 0. The van der Waals surface area contributed by atoms with Gasteiger partial charge in [-0.05, 0) is 38.6 Å². The Morgan fingerprint density at radius 1 is 1.33 bits per heavy atom. The first-order valence-corrected chi connectivity index (χ1v) is 8.87. The molecule has 1 saturated heterocycles. The largest absolute Gasteiger partial charge is 0.378 e. The van der Waals surface area contributed by atoms with Gasteiger partial charge in [-0.1, -0.05) is 32.6 Å². The van der Waals surface area contributed by atoms with E-state index in [0.717, 1.165) is 51.9 Å². The standard InChI is InChI=1S/C17H32N2O2/c1-2-9-17(10-12-18-14-17)16(20)19-11-6-13-21-15-7-4-3-5-8-15/h15,18H,2-14H2,1H3,(H,19,20). The molecule has 0 aromatic rings. The van der Waals surface area contributed by atoms with E-state index < -0.39 is 0 Å². The summed E-state index contributed by atoms with van der Waals surface area (Å²) < 4.78 is 5.90. The Balaban J connectivity index is 1.59. The Morgan fingerprint density at radius 3 is 2.81 bits per heavy atom. The summed E-state index contributed by atoms with van der Waals surface area (Å²) in [5, 5.41) is 6.47. The zero-order valence-corrected chi connectivity index (χ0v) is 13.6. The van der Waals surface area contributed by atoms with E-state index in [1.165, 1.54) is 32.1 Å². The summed E-state index contributed by atoms with van der Waals surface area (Å²) in [5.41, 5.74) is -0.154. The molecule has 1 heterocycles. The van der Waals surface area contributed by atoms with Crippen LogP contribution < -0.4 is 10.6 Å². The summed E-state index contributed by atoms with van der Waals surface area (Å²) >= 11 is 0. The molecular formula is C17H32N2O2. The van der Waals surface area contributed by atoms with Crippen LogP contribution in [0.1, 0.15) is 64.7 Å². The van der Waals surface area contributed by atoms with E-state index in [1.54, 1.807) is 0 Å². The molecule has 0 aromatic carbocycles. The fourth-order valence-corrected chi connectivity index (χ4v) is 3.69. The maximum Gasteiger partial charge on any atom is 0.227 e. The van der Waals surface area contributed by atoms with Crippen LogP contribution in [0.4, 0.5) is 0 Å². The molecule has 122 valence electrons. The Kier molecular flexibility index (Phi) is 6.97. The molecule has 2 N–H and O–H groups in total. The molecule has 4 nitrogen and oxygen atoms in total. The predicted octanol–water partition coefficient (Wildman–Crippen LogP) is 2.62. The third-order valence-corrected chi connectivity index (χ3v) is 4.97. The molecular weight excluding hydrogens is 264 g/mol. The van der Waals surface area contributed by atoms with Crippen LogP contribution in [0.3, 0.4) is 0 Å². The van der Waals surface area contributed by atoms with Gasteiger partial charge < -0.3 is 15.4 Å². The van der Waals surface area contributed by atoms with Crippen LogP contribution in [-0.2, 0) is 9.53 Å². The number of carbonyl (C=O) groups excluding carboxylic acids is 1. The molecule has 1 saturated carbocycles. The number of ether oxygens (including phenoxy) is 1. The van der Waals surface area contributed by atoms with Gasteiger partial charge in [-0.3, -0.25) is 4.79 Å². The van der Waals surface area contributed by atoms with Crippen molar-refractivity contribution in [3.05, 3.63) is 0 Å². The Labute approximate surface area is 129 Å². The molecule has 21 heavy (non-hydrogen) atoms. The van der Waals surface area contributed by atoms with Crippen molar-refractivity contribution in [2.24, 2.45) is 5.41 Å². The molecule has 0 radical (unpaired) electrons. The first-order valence-electron chi connectivity index (χ1n) is 8.87. The third kappa shape index (κ3) is 4.96. The van der Waals surface area contributed by atoms with Crippen LogP contribution in [-0.4, -0.2) is 38.3 Å². The minimum atomic E-state index is -0.154. The van der Waals surface area contributed by atoms with Crippen LogP contribution in [0.15, 0.2) is 0 Å². The molecule has 1 amide bonds. The molecule has 0 spiro atoms. The van der Waals surface area contributed by atoms with E-state index >= 15 is 0 Å². The minimum absolute atomic E-state index is 0.154. The van der Waals surface area contributed by atoms with Gasteiger partial charge in [0.1, 0.15) is 0 Å². The second-order valence-electron chi connectivity index (χ2n) is 6.70. The highest BCUT2D eigenvalue weighted by Crippen LogP contribution is 2.31. The summed E-state index contributed by atoms with van der Waals surface area (Å²) in [7, 11) is 0. The van der Waals surface area contributed by atoms with E-state index in [9.17, 15) is 4.79 Å². The van der Waals surface area contributed by atoms with Gasteiger partial charge >= 0.3 is 0 Å². The summed E-state index contributed by atoms with van der Waals surface area (Å²) in [6.07, 6.45) is 10.9. The van der Waals surface area contributed by atoms with Crippen molar-refractivity contribution in [2.75, 3.05) is 26.2 Å². The SMILES string of the molecule is CCCC1(C(=O)NCCCOC2CCCCC2)CCNC1. The highest BCUT2D eigenvalue weighted by Gasteiger charge is 2.39. The third-order valence-electron chi connectivity index (χ3n) is 4.97. The van der Waals surface area contributed by atoms with Crippen LogP contribution in [0.25, 0.3) is 0 Å². The minimum Gasteiger partial charge on any atom is -0.378 e. The van der Waals surface area contributed by atoms with Crippen LogP contribution in [0, 0.1) is 5.41 Å². The lowest BCUT2D eigenvalue weighted by Crippen LogP contribution is -2.43. The fourth-order valence-electron chi connectivity index (χ4n) is 3.69. The van der Waals surface area contributed by atoms with Gasteiger partial charge in [0.2, 0.25) is 5.91 Å². The smallest absolute Gasteiger partial charge is 0.227 e. The van der Waals surface area contributed by atoms with Crippen molar-refractivity contribution in [2.45, 2.75) is 70.8 Å². The van der Waals surface area contributed by atoms with E-state index in [-0.39, 0.29) is 11.3 Å². The van der Waals surface area contributed by atoms with E-state index in [4.69, 9.17) is 4.74 Å². The summed E-state index contributed by atoms with van der Waals surface area (Å²) in [5.74, 6) is 0.243. The van der Waals surface area contributed by atoms with Crippen LogP contribution >= 0.6 is 0 Å². The summed E-state index contributed by atoms with van der Waals surface area (Å²) in [6.45, 7) is 5.50. The van der Waals surface area contributed by atoms with E-state index in [2.05, 4.69) is 17.6 Å². The van der Waals surface area contributed by atoms with Gasteiger partial charge in [0.25, 0.3) is 0 Å². The normalized spacial score (nSPS) is 26.9. The molecule has 1 unspecified atom stereocenters. The Bertz CT molecular complexity index is 308. The van der Waals surface area contributed by atoms with E-state index in [1.807, 2.05) is 0 Å². The van der Waals surface area contributed by atoms with Crippen molar-refractivity contribution in [3.63, 3.8) is 0 Å². The molecule has 1 aliphatic carbocycles. The lowest BCUT2D eigenvalue weighted by atomic mass is 9.81. The van der Waals surface area contributed by atoms with Gasteiger partial charge in [-0.15, -0.1) is 0 Å². The Morgan fingerprint density at radius 2 is 2.14 bits per heavy atom.